The molecule has 0 aromatic carbocycles. The second-order valence-electron chi connectivity index (χ2n) is 5.60. The molecule has 0 aliphatic carbocycles. The lowest BCUT2D eigenvalue weighted by Crippen LogP contribution is -2.48. The lowest BCUT2D eigenvalue weighted by molar-refractivity contribution is -0.142. The smallest absolute Gasteiger partial charge is 0.326 e. The van der Waals surface area contributed by atoms with Crippen molar-refractivity contribution in [1.82, 2.24) is 15.2 Å². The van der Waals surface area contributed by atoms with Gasteiger partial charge in [0.2, 0.25) is 0 Å². The van der Waals surface area contributed by atoms with Crippen LogP contribution in [-0.4, -0.2) is 39.6 Å². The van der Waals surface area contributed by atoms with Crippen molar-refractivity contribution in [3.05, 3.63) is 15.6 Å². The van der Waals surface area contributed by atoms with E-state index in [4.69, 9.17) is 0 Å². The Kier molecular flexibility index (Phi) is 4.51. The van der Waals surface area contributed by atoms with Crippen molar-refractivity contribution in [2.24, 2.45) is 5.92 Å². The van der Waals surface area contributed by atoms with Gasteiger partial charge in [0.25, 0.3) is 0 Å². The number of rotatable bonds is 3. The molecule has 6 nitrogen and oxygen atoms in total. The average Bonchev–Trinajstić information content (AvgIpc) is 2.92. The van der Waals surface area contributed by atoms with Gasteiger partial charge in [-0.2, -0.15) is 0 Å². The van der Waals surface area contributed by atoms with E-state index in [9.17, 15) is 14.7 Å². The number of carboxylic acids is 1. The Bertz CT molecular complexity index is 558. The van der Waals surface area contributed by atoms with Crippen molar-refractivity contribution in [3.63, 3.8) is 0 Å². The van der Waals surface area contributed by atoms with Crippen LogP contribution in [0.3, 0.4) is 0 Å². The van der Waals surface area contributed by atoms with Crippen LogP contribution in [0.5, 0.6) is 0 Å². The van der Waals surface area contributed by atoms with Crippen LogP contribution in [-0.2, 0) is 4.79 Å². The maximum Gasteiger partial charge on any atom is 0.326 e. The number of nitrogens with one attached hydrogen (secondary N) is 1. The summed E-state index contributed by atoms with van der Waals surface area (Å²) in [6.07, 6.45) is 0.720. The van der Waals surface area contributed by atoms with E-state index < -0.39 is 12.0 Å². The second-order valence-corrected chi connectivity index (χ2v) is 6.83. The van der Waals surface area contributed by atoms with Crippen molar-refractivity contribution >= 4 is 23.3 Å². The molecule has 2 heterocycles. The minimum absolute atomic E-state index is 0.0176. The number of aromatic nitrogens is 1. The van der Waals surface area contributed by atoms with Gasteiger partial charge in [0.05, 0.1) is 16.7 Å². The van der Waals surface area contributed by atoms with Gasteiger partial charge >= 0.3 is 12.0 Å². The number of urea groups is 1. The summed E-state index contributed by atoms with van der Waals surface area (Å²) >= 11 is 1.55. The van der Waals surface area contributed by atoms with Gasteiger partial charge in [0.1, 0.15) is 6.04 Å². The summed E-state index contributed by atoms with van der Waals surface area (Å²) in [5, 5.41) is 13.1. The summed E-state index contributed by atoms with van der Waals surface area (Å²) < 4.78 is 0. The van der Waals surface area contributed by atoms with E-state index in [0.29, 0.717) is 6.54 Å². The molecule has 2 rings (SSSR count). The number of carbonyl (C=O) groups excluding carboxylic acids is 1. The maximum atomic E-state index is 12.3. The van der Waals surface area contributed by atoms with Crippen molar-refractivity contribution in [3.8, 4) is 0 Å². The zero-order valence-electron chi connectivity index (χ0n) is 12.7. The molecule has 1 aromatic rings. The van der Waals surface area contributed by atoms with Crippen LogP contribution in [0.25, 0.3) is 0 Å². The van der Waals surface area contributed by atoms with Gasteiger partial charge in [-0.1, -0.05) is 6.92 Å². The molecule has 0 bridgehead atoms. The minimum atomic E-state index is -0.937. The number of hydrogen-bond acceptors (Lipinski definition) is 4. The number of hydrogen-bond donors (Lipinski definition) is 2. The van der Waals surface area contributed by atoms with Gasteiger partial charge in [0.15, 0.2) is 0 Å². The molecule has 1 saturated heterocycles. The van der Waals surface area contributed by atoms with Crippen molar-refractivity contribution in [2.75, 3.05) is 6.54 Å². The fourth-order valence-electron chi connectivity index (χ4n) is 2.83. The number of aryl methyl sites for hydroxylation is 2. The van der Waals surface area contributed by atoms with Gasteiger partial charge in [0, 0.05) is 11.4 Å². The molecule has 21 heavy (non-hydrogen) atoms. The van der Waals surface area contributed by atoms with Crippen molar-refractivity contribution in [2.45, 2.75) is 46.2 Å². The molecule has 3 atom stereocenters. The number of carbonyl (C=O) groups is 2. The van der Waals surface area contributed by atoms with E-state index in [-0.39, 0.29) is 18.0 Å². The molecule has 7 heteroatoms. The molecule has 2 N–H and O–H groups in total. The highest BCUT2D eigenvalue weighted by Gasteiger charge is 2.39. The number of aliphatic carboxylic acids is 1. The maximum absolute atomic E-state index is 12.3. The van der Waals surface area contributed by atoms with Crippen LogP contribution in [0.2, 0.25) is 0 Å². The third-order valence-corrected chi connectivity index (χ3v) is 5.14. The predicted octanol–water partition coefficient (Wildman–Crippen LogP) is 2.33. The highest BCUT2D eigenvalue weighted by atomic mass is 32.1. The molecule has 0 saturated carbocycles. The van der Waals surface area contributed by atoms with E-state index in [2.05, 4.69) is 10.3 Å². The highest BCUT2D eigenvalue weighted by molar-refractivity contribution is 7.11. The Balaban J connectivity index is 2.07. The van der Waals surface area contributed by atoms with E-state index in [1.165, 1.54) is 4.90 Å². The van der Waals surface area contributed by atoms with E-state index >= 15 is 0 Å². The van der Waals surface area contributed by atoms with Crippen LogP contribution >= 0.6 is 11.3 Å². The summed E-state index contributed by atoms with van der Waals surface area (Å²) in [6, 6.07) is -1.22. The van der Waals surface area contributed by atoms with Gasteiger partial charge in [-0.3, -0.25) is 0 Å². The molecule has 1 fully saturated rings. The van der Waals surface area contributed by atoms with Crippen LogP contribution in [0, 0.1) is 19.8 Å². The van der Waals surface area contributed by atoms with Crippen LogP contribution < -0.4 is 5.32 Å². The minimum Gasteiger partial charge on any atom is -0.480 e. The first-order valence-corrected chi connectivity index (χ1v) is 7.86. The molecular weight excluding hydrogens is 290 g/mol. The Morgan fingerprint density at radius 3 is 2.67 bits per heavy atom. The van der Waals surface area contributed by atoms with Gasteiger partial charge in [-0.05, 0) is 33.1 Å². The summed E-state index contributed by atoms with van der Waals surface area (Å²) in [5.41, 5.74) is 0.912. The van der Waals surface area contributed by atoms with E-state index in [0.717, 1.165) is 22.0 Å². The third-order valence-electron chi connectivity index (χ3n) is 3.89. The second kappa shape index (κ2) is 6.01. The first-order valence-electron chi connectivity index (χ1n) is 7.05. The molecule has 1 aliphatic heterocycles. The van der Waals surface area contributed by atoms with Crippen molar-refractivity contribution < 1.29 is 14.7 Å². The molecule has 0 radical (unpaired) electrons. The average molecular weight is 311 g/mol. The molecule has 2 amide bonds. The zero-order valence-corrected chi connectivity index (χ0v) is 13.5. The largest absolute Gasteiger partial charge is 0.480 e. The number of amides is 2. The number of thiazole rings is 1. The molecule has 0 spiro atoms. The van der Waals surface area contributed by atoms with Gasteiger partial charge in [-0.25, -0.2) is 14.6 Å². The lowest BCUT2D eigenvalue weighted by atomic mass is 10.0. The summed E-state index contributed by atoms with van der Waals surface area (Å²) in [5.74, 6) is -0.955. The third kappa shape index (κ3) is 3.18. The Morgan fingerprint density at radius 2 is 2.14 bits per heavy atom. The molecule has 1 aliphatic rings. The van der Waals surface area contributed by atoms with Crippen molar-refractivity contribution in [1.29, 1.82) is 0 Å². The zero-order chi connectivity index (χ0) is 15.7. The number of carboxylic acid groups (broad SMARTS) is 1. The highest BCUT2D eigenvalue weighted by Crippen LogP contribution is 2.27. The summed E-state index contributed by atoms with van der Waals surface area (Å²) in [7, 11) is 0. The lowest BCUT2D eigenvalue weighted by Gasteiger charge is -2.25. The summed E-state index contributed by atoms with van der Waals surface area (Å²) in [6.45, 7) is 8.09. The topological polar surface area (TPSA) is 82.5 Å². The van der Waals surface area contributed by atoms with Crippen LogP contribution in [0.1, 0.15) is 41.9 Å². The normalized spacial score (nSPS) is 23.1. The van der Waals surface area contributed by atoms with Crippen LogP contribution in [0.15, 0.2) is 0 Å². The van der Waals surface area contributed by atoms with Gasteiger partial charge in [-0.15, -0.1) is 11.3 Å². The first-order chi connectivity index (χ1) is 9.81. The number of likely N-dealkylation sites (tertiary alicyclic amines) is 1. The Morgan fingerprint density at radius 1 is 1.48 bits per heavy atom. The standard InChI is InChI=1S/C14H21N3O3S/c1-7-5-6-17(11(7)13(18)19)14(20)16-9(3)12-8(2)15-10(4)21-12/h7,9,11H,5-6H2,1-4H3,(H,16,20)(H,18,19). The first kappa shape index (κ1) is 15.8. The Hall–Kier alpha value is -1.63. The van der Waals surface area contributed by atoms with E-state index in [1.807, 2.05) is 27.7 Å². The molecule has 1 aromatic heterocycles. The Labute approximate surface area is 128 Å². The van der Waals surface area contributed by atoms with Gasteiger partial charge < -0.3 is 15.3 Å². The quantitative estimate of drug-likeness (QED) is 0.897. The summed E-state index contributed by atoms with van der Waals surface area (Å²) in [4.78, 5) is 30.4. The monoisotopic (exact) mass is 311 g/mol. The molecular formula is C14H21N3O3S. The van der Waals surface area contributed by atoms with Crippen LogP contribution in [0.4, 0.5) is 4.79 Å². The van der Waals surface area contributed by atoms with E-state index in [1.54, 1.807) is 11.3 Å². The predicted molar refractivity (Wildman–Crippen MR) is 80.4 cm³/mol. The molecule has 3 unspecified atom stereocenters. The fourth-order valence-corrected chi connectivity index (χ4v) is 3.76. The SMILES string of the molecule is Cc1nc(C)c(C(C)NC(=O)N2CCC(C)C2C(=O)O)s1. The molecule has 116 valence electrons. The fraction of sp³-hybridized carbons (Fsp3) is 0.643. The number of nitrogens with zero attached hydrogens (tertiary/aromatic N) is 2.